The van der Waals surface area contributed by atoms with Crippen LogP contribution in [0.3, 0.4) is 0 Å². The number of amidine groups is 1. The molecule has 0 bridgehead atoms. The number of nitrogens with one attached hydrogen (secondary N) is 1. The van der Waals surface area contributed by atoms with Crippen LogP contribution in [-0.4, -0.2) is 47.6 Å². The Balaban J connectivity index is 1.83. The number of halogens is 2. The van der Waals surface area contributed by atoms with E-state index in [4.69, 9.17) is 28.6 Å². The Kier molecular flexibility index (Phi) is 3.94. The van der Waals surface area contributed by atoms with Crippen molar-refractivity contribution in [3.8, 4) is 0 Å². The van der Waals surface area contributed by atoms with Gasteiger partial charge in [0.05, 0.1) is 28.8 Å². The SMILES string of the molecule is N=C1S[C@H]2CS(=O)(=O)C[C@@H]2N1/N=C\c1ccc(Cl)cc1Cl. The van der Waals surface area contributed by atoms with Gasteiger partial charge in [-0.2, -0.15) is 5.10 Å². The lowest BCUT2D eigenvalue weighted by atomic mass is 10.2. The molecular weight excluding hydrogens is 353 g/mol. The molecule has 0 spiro atoms. The second-order valence-electron chi connectivity index (χ2n) is 4.86. The molecule has 2 saturated heterocycles. The van der Waals surface area contributed by atoms with E-state index in [1.54, 1.807) is 18.2 Å². The van der Waals surface area contributed by atoms with Gasteiger partial charge in [-0.3, -0.25) is 5.41 Å². The molecule has 21 heavy (non-hydrogen) atoms. The van der Waals surface area contributed by atoms with Gasteiger partial charge in [0.15, 0.2) is 15.0 Å². The normalized spacial score (nSPS) is 27.5. The average Bonchev–Trinajstić information content (AvgIpc) is 2.80. The summed E-state index contributed by atoms with van der Waals surface area (Å²) in [5.74, 6) is 0.150. The van der Waals surface area contributed by atoms with Crippen molar-refractivity contribution in [2.45, 2.75) is 11.3 Å². The first-order valence-electron chi connectivity index (χ1n) is 6.10. The topological polar surface area (TPSA) is 73.6 Å². The second-order valence-corrected chi connectivity index (χ2v) is 9.09. The van der Waals surface area contributed by atoms with Crippen molar-refractivity contribution in [2.75, 3.05) is 11.5 Å². The molecule has 2 aliphatic rings. The maximum Gasteiger partial charge on any atom is 0.177 e. The van der Waals surface area contributed by atoms with Gasteiger partial charge in [-0.05, 0) is 12.1 Å². The number of fused-ring (bicyclic) bond motifs is 1. The third-order valence-corrected chi connectivity index (χ3v) is 7.02. The summed E-state index contributed by atoms with van der Waals surface area (Å²) in [7, 11) is -3.04. The van der Waals surface area contributed by atoms with Crippen molar-refractivity contribution in [1.29, 1.82) is 5.41 Å². The number of sulfone groups is 1. The van der Waals surface area contributed by atoms with Gasteiger partial charge in [-0.1, -0.05) is 41.0 Å². The summed E-state index contributed by atoms with van der Waals surface area (Å²) in [6, 6.07) is 4.76. The molecule has 0 unspecified atom stereocenters. The molecule has 0 aromatic heterocycles. The molecule has 2 heterocycles. The fraction of sp³-hybridized carbons (Fsp3) is 0.333. The number of hydrogen-bond donors (Lipinski definition) is 1. The zero-order valence-corrected chi connectivity index (χ0v) is 13.8. The quantitative estimate of drug-likeness (QED) is 0.819. The predicted octanol–water partition coefficient (Wildman–Crippen LogP) is 2.48. The number of hydrazone groups is 1. The van der Waals surface area contributed by atoms with Gasteiger partial charge in [-0.25, -0.2) is 13.4 Å². The van der Waals surface area contributed by atoms with E-state index in [9.17, 15) is 8.42 Å². The van der Waals surface area contributed by atoms with Gasteiger partial charge in [0.1, 0.15) is 0 Å². The van der Waals surface area contributed by atoms with E-state index in [-0.39, 0.29) is 28.0 Å². The van der Waals surface area contributed by atoms with E-state index in [0.29, 0.717) is 15.6 Å². The van der Waals surface area contributed by atoms with Crippen LogP contribution in [0, 0.1) is 5.41 Å². The van der Waals surface area contributed by atoms with Crippen LogP contribution in [-0.2, 0) is 9.84 Å². The lowest BCUT2D eigenvalue weighted by Crippen LogP contribution is -2.32. The summed E-state index contributed by atoms with van der Waals surface area (Å²) in [5.41, 5.74) is 0.670. The molecule has 0 aliphatic carbocycles. The van der Waals surface area contributed by atoms with Gasteiger partial charge in [0.25, 0.3) is 0 Å². The lowest BCUT2D eigenvalue weighted by Gasteiger charge is -2.17. The molecule has 5 nitrogen and oxygen atoms in total. The summed E-state index contributed by atoms with van der Waals surface area (Å²) >= 11 is 13.1. The maximum absolute atomic E-state index is 11.7. The molecule has 1 aromatic rings. The molecule has 112 valence electrons. The molecule has 1 aromatic carbocycles. The van der Waals surface area contributed by atoms with E-state index in [2.05, 4.69) is 5.10 Å². The predicted molar refractivity (Wildman–Crippen MR) is 87.4 cm³/mol. The van der Waals surface area contributed by atoms with E-state index < -0.39 is 9.84 Å². The van der Waals surface area contributed by atoms with Crippen molar-refractivity contribution in [2.24, 2.45) is 5.10 Å². The van der Waals surface area contributed by atoms with Crippen LogP contribution in [0.2, 0.25) is 10.0 Å². The van der Waals surface area contributed by atoms with Gasteiger partial charge >= 0.3 is 0 Å². The highest BCUT2D eigenvalue weighted by molar-refractivity contribution is 8.15. The summed E-state index contributed by atoms with van der Waals surface area (Å²) < 4.78 is 23.3. The van der Waals surface area contributed by atoms with Crippen LogP contribution in [0.5, 0.6) is 0 Å². The summed E-state index contributed by atoms with van der Waals surface area (Å²) in [4.78, 5) is 0. The third kappa shape index (κ3) is 3.06. The Labute approximate surface area is 136 Å². The highest BCUT2D eigenvalue weighted by Gasteiger charge is 2.48. The fourth-order valence-corrected chi connectivity index (χ4v) is 6.53. The largest absolute Gasteiger partial charge is 0.277 e. The monoisotopic (exact) mass is 363 g/mol. The zero-order valence-electron chi connectivity index (χ0n) is 10.7. The van der Waals surface area contributed by atoms with Gasteiger partial charge in [-0.15, -0.1) is 0 Å². The summed E-state index contributed by atoms with van der Waals surface area (Å²) in [6.07, 6.45) is 1.53. The lowest BCUT2D eigenvalue weighted by molar-refractivity contribution is 0.376. The Morgan fingerprint density at radius 3 is 2.86 bits per heavy atom. The van der Waals surface area contributed by atoms with Crippen molar-refractivity contribution in [1.82, 2.24) is 5.01 Å². The highest BCUT2D eigenvalue weighted by atomic mass is 35.5. The minimum Gasteiger partial charge on any atom is -0.277 e. The molecule has 0 saturated carbocycles. The minimum absolute atomic E-state index is 0.0404. The molecule has 2 atom stereocenters. The van der Waals surface area contributed by atoms with E-state index in [1.165, 1.54) is 23.0 Å². The fourth-order valence-electron chi connectivity index (χ4n) is 2.35. The Hall–Kier alpha value is -0.760. The van der Waals surface area contributed by atoms with Crippen molar-refractivity contribution in [3.63, 3.8) is 0 Å². The van der Waals surface area contributed by atoms with Crippen LogP contribution >= 0.6 is 35.0 Å². The van der Waals surface area contributed by atoms with E-state index in [1.807, 2.05) is 0 Å². The Morgan fingerprint density at radius 2 is 2.14 bits per heavy atom. The van der Waals surface area contributed by atoms with Crippen LogP contribution in [0.1, 0.15) is 5.56 Å². The number of hydrogen-bond acceptors (Lipinski definition) is 5. The first-order valence-corrected chi connectivity index (χ1v) is 9.55. The van der Waals surface area contributed by atoms with E-state index in [0.717, 1.165) is 0 Å². The number of rotatable bonds is 2. The molecule has 0 amide bonds. The first kappa shape index (κ1) is 15.1. The van der Waals surface area contributed by atoms with Crippen molar-refractivity contribution in [3.05, 3.63) is 33.8 Å². The number of thioether (sulfide) groups is 1. The number of benzene rings is 1. The Bertz CT molecular complexity index is 736. The summed E-state index contributed by atoms with van der Waals surface area (Å²) in [5, 5.41) is 14.8. The van der Waals surface area contributed by atoms with Gasteiger partial charge in [0.2, 0.25) is 0 Å². The molecule has 0 radical (unpaired) electrons. The molecule has 2 aliphatic heterocycles. The van der Waals surface area contributed by atoms with Crippen LogP contribution in [0.25, 0.3) is 0 Å². The second kappa shape index (κ2) is 5.46. The minimum atomic E-state index is -3.04. The number of nitrogens with zero attached hydrogens (tertiary/aromatic N) is 2. The Morgan fingerprint density at radius 1 is 1.38 bits per heavy atom. The van der Waals surface area contributed by atoms with Crippen molar-refractivity contribution >= 4 is 56.2 Å². The maximum atomic E-state index is 11.7. The first-order chi connectivity index (χ1) is 9.85. The van der Waals surface area contributed by atoms with Crippen LogP contribution < -0.4 is 0 Å². The molecule has 9 heteroatoms. The molecular formula is C12H11Cl2N3O2S2. The average molecular weight is 364 g/mol. The van der Waals surface area contributed by atoms with Gasteiger partial charge < -0.3 is 0 Å². The summed E-state index contributed by atoms with van der Waals surface area (Å²) in [6.45, 7) is 0. The molecule has 3 rings (SSSR count). The van der Waals surface area contributed by atoms with Crippen LogP contribution in [0.15, 0.2) is 23.3 Å². The third-order valence-electron chi connectivity index (χ3n) is 3.34. The van der Waals surface area contributed by atoms with Crippen LogP contribution in [0.4, 0.5) is 0 Å². The molecule has 2 fully saturated rings. The van der Waals surface area contributed by atoms with Crippen molar-refractivity contribution < 1.29 is 8.42 Å². The van der Waals surface area contributed by atoms with Gasteiger partial charge in [0, 0.05) is 15.8 Å². The zero-order chi connectivity index (χ0) is 15.2. The van der Waals surface area contributed by atoms with E-state index >= 15 is 0 Å². The highest BCUT2D eigenvalue weighted by Crippen LogP contribution is 2.37. The standard InChI is InChI=1S/C12H11Cl2N3O2S2/c13-8-2-1-7(9(14)3-8)4-16-17-10-5-21(18,19)6-11(10)20-12(17)15/h1-4,10-11,15H,5-6H2/b15-12?,16-4-/t10-,11-/m0/s1. The smallest absolute Gasteiger partial charge is 0.177 e. The molecule has 1 N–H and O–H groups in total.